The molecule has 1 nitrogen and oxygen atoms in total. The fourth-order valence-corrected chi connectivity index (χ4v) is 1.62. The Morgan fingerprint density at radius 3 is 3.12 bits per heavy atom. The lowest BCUT2D eigenvalue weighted by Crippen LogP contribution is -2.16. The average molecular weight is 113 g/mol. The second-order valence-corrected chi connectivity index (χ2v) is 2.73. The van der Waals surface area contributed by atoms with Crippen molar-refractivity contribution in [2.75, 3.05) is 6.61 Å². The summed E-state index contributed by atoms with van der Waals surface area (Å²) in [4.78, 5) is 0. The lowest BCUT2D eigenvalue weighted by Gasteiger charge is -2.18. The van der Waals surface area contributed by atoms with Crippen molar-refractivity contribution in [2.45, 2.75) is 31.8 Å². The van der Waals surface area contributed by atoms with Gasteiger partial charge in [-0.05, 0) is 31.6 Å². The standard InChI is InChI=1S/C7H12O/c1-2-7-5-6(1)3-4-8-7/h6-7H,1-5H2/i5D. The van der Waals surface area contributed by atoms with Crippen LogP contribution in [0.4, 0.5) is 0 Å². The highest BCUT2D eigenvalue weighted by molar-refractivity contribution is 4.79. The molecule has 0 N–H and O–H groups in total. The van der Waals surface area contributed by atoms with Crippen LogP contribution in [0.5, 0.6) is 0 Å². The Hall–Kier alpha value is -0.0400. The monoisotopic (exact) mass is 113 g/mol. The Balaban J connectivity index is 2.10. The first kappa shape index (κ1) is 3.89. The Bertz CT molecular complexity index is 99.5. The van der Waals surface area contributed by atoms with E-state index >= 15 is 0 Å². The summed E-state index contributed by atoms with van der Waals surface area (Å²) in [5.41, 5.74) is 0. The molecule has 46 valence electrons. The third-order valence-corrected chi connectivity index (χ3v) is 2.13. The fraction of sp³-hybridized carbons (Fsp3) is 1.00. The topological polar surface area (TPSA) is 9.23 Å². The van der Waals surface area contributed by atoms with Crippen LogP contribution in [-0.4, -0.2) is 12.7 Å². The molecule has 2 rings (SSSR count). The van der Waals surface area contributed by atoms with Crippen LogP contribution >= 0.6 is 0 Å². The molecule has 0 aromatic heterocycles. The van der Waals surface area contributed by atoms with Gasteiger partial charge in [0.2, 0.25) is 0 Å². The Morgan fingerprint density at radius 2 is 2.38 bits per heavy atom. The SMILES string of the molecule is [2H]C1C2CCOC1CC2. The van der Waals surface area contributed by atoms with Gasteiger partial charge in [-0.25, -0.2) is 0 Å². The summed E-state index contributed by atoms with van der Waals surface area (Å²) < 4.78 is 13.0. The minimum atomic E-state index is 0.110. The molecule has 1 saturated carbocycles. The summed E-state index contributed by atoms with van der Waals surface area (Å²) in [5.74, 6) is 0.670. The van der Waals surface area contributed by atoms with E-state index in [9.17, 15) is 0 Å². The van der Waals surface area contributed by atoms with Crippen molar-refractivity contribution < 1.29 is 6.11 Å². The molecule has 2 aliphatic rings. The lowest BCUT2D eigenvalue weighted by atomic mass is 10.0. The third kappa shape index (κ3) is 0.655. The van der Waals surface area contributed by atoms with Crippen LogP contribution in [0.25, 0.3) is 0 Å². The van der Waals surface area contributed by atoms with E-state index in [4.69, 9.17) is 6.11 Å². The molecule has 1 aliphatic carbocycles. The number of fused-ring (bicyclic) bond motifs is 2. The van der Waals surface area contributed by atoms with Gasteiger partial charge in [-0.3, -0.25) is 0 Å². The first-order valence-corrected chi connectivity index (χ1v) is 3.42. The highest BCUT2D eigenvalue weighted by Crippen LogP contribution is 2.34. The minimum absolute atomic E-state index is 0.110. The molecule has 8 heavy (non-hydrogen) atoms. The number of hydrogen-bond acceptors (Lipinski definition) is 1. The van der Waals surface area contributed by atoms with Crippen molar-refractivity contribution in [2.24, 2.45) is 5.92 Å². The molecule has 0 radical (unpaired) electrons. The molecule has 3 atom stereocenters. The summed E-state index contributed by atoms with van der Waals surface area (Å²) in [7, 11) is 0. The van der Waals surface area contributed by atoms with E-state index in [1.807, 2.05) is 0 Å². The van der Waals surface area contributed by atoms with E-state index < -0.39 is 0 Å². The summed E-state index contributed by atoms with van der Waals surface area (Å²) >= 11 is 0. The molecule has 0 amide bonds. The van der Waals surface area contributed by atoms with Gasteiger partial charge < -0.3 is 4.74 Å². The normalized spacial score (nSPS) is 56.0. The first-order valence-electron chi connectivity index (χ1n) is 3.99. The third-order valence-electron chi connectivity index (χ3n) is 2.13. The molecule has 2 bridgehead atoms. The maximum absolute atomic E-state index is 7.62. The predicted molar refractivity (Wildman–Crippen MR) is 31.7 cm³/mol. The Labute approximate surface area is 51.4 Å². The molecular formula is C7H12O. The van der Waals surface area contributed by atoms with Crippen molar-refractivity contribution in [3.8, 4) is 0 Å². The maximum atomic E-state index is 7.62. The van der Waals surface area contributed by atoms with E-state index in [0.29, 0.717) is 12.0 Å². The quantitative estimate of drug-likeness (QED) is 0.463. The van der Waals surface area contributed by atoms with Gasteiger partial charge in [-0.2, -0.15) is 0 Å². The van der Waals surface area contributed by atoms with E-state index in [1.54, 1.807) is 0 Å². The van der Waals surface area contributed by atoms with Gasteiger partial charge in [-0.1, -0.05) is 0 Å². The van der Waals surface area contributed by atoms with Crippen molar-refractivity contribution in [3.63, 3.8) is 0 Å². The van der Waals surface area contributed by atoms with Gasteiger partial charge >= 0.3 is 0 Å². The second kappa shape index (κ2) is 1.73. The van der Waals surface area contributed by atoms with Gasteiger partial charge in [0, 0.05) is 7.98 Å². The average Bonchev–Trinajstić information content (AvgIpc) is 2.19. The lowest BCUT2D eigenvalue weighted by molar-refractivity contribution is 0.0256. The van der Waals surface area contributed by atoms with E-state index in [-0.39, 0.29) is 6.40 Å². The van der Waals surface area contributed by atoms with Crippen LogP contribution in [-0.2, 0) is 4.74 Å². The van der Waals surface area contributed by atoms with Crippen LogP contribution in [0.15, 0.2) is 0 Å². The summed E-state index contributed by atoms with van der Waals surface area (Å²) in [6, 6.07) is 0. The molecule has 0 aromatic rings. The molecule has 1 heterocycles. The molecule has 0 spiro atoms. The number of hydrogen-bond donors (Lipinski definition) is 0. The number of rotatable bonds is 0. The van der Waals surface area contributed by atoms with E-state index in [2.05, 4.69) is 0 Å². The Morgan fingerprint density at radius 1 is 1.38 bits per heavy atom. The molecule has 1 saturated heterocycles. The van der Waals surface area contributed by atoms with Crippen LogP contribution in [0.2, 0.25) is 0 Å². The van der Waals surface area contributed by atoms with Crippen molar-refractivity contribution in [1.29, 1.82) is 0 Å². The van der Waals surface area contributed by atoms with E-state index in [0.717, 1.165) is 19.4 Å². The van der Waals surface area contributed by atoms with Gasteiger partial charge in [0.05, 0.1) is 6.10 Å². The van der Waals surface area contributed by atoms with Crippen LogP contribution in [0, 0.1) is 5.92 Å². The minimum Gasteiger partial charge on any atom is -0.378 e. The smallest absolute Gasteiger partial charge is 0.0577 e. The summed E-state index contributed by atoms with van der Waals surface area (Å²) in [6.07, 6.45) is 3.91. The van der Waals surface area contributed by atoms with Crippen molar-refractivity contribution in [1.82, 2.24) is 0 Å². The van der Waals surface area contributed by atoms with Crippen LogP contribution in [0.1, 0.15) is 27.0 Å². The fourth-order valence-electron chi connectivity index (χ4n) is 1.62. The molecule has 3 unspecified atom stereocenters. The maximum Gasteiger partial charge on any atom is 0.0577 e. The summed E-state index contributed by atoms with van der Waals surface area (Å²) in [6.45, 7) is 0.907. The van der Waals surface area contributed by atoms with Gasteiger partial charge in [0.15, 0.2) is 0 Å². The Kier molecular flexibility index (Phi) is 0.840. The van der Waals surface area contributed by atoms with Crippen LogP contribution < -0.4 is 0 Å². The molecule has 1 heteroatoms. The zero-order valence-electron chi connectivity index (χ0n) is 5.97. The zero-order chi connectivity index (χ0) is 6.27. The molecular weight excluding hydrogens is 100 g/mol. The molecule has 2 fully saturated rings. The van der Waals surface area contributed by atoms with Crippen molar-refractivity contribution >= 4 is 0 Å². The zero-order valence-corrected chi connectivity index (χ0v) is 4.97. The highest BCUT2D eigenvalue weighted by Gasteiger charge is 2.28. The van der Waals surface area contributed by atoms with Gasteiger partial charge in [0.1, 0.15) is 0 Å². The van der Waals surface area contributed by atoms with Gasteiger partial charge in [-0.15, -0.1) is 0 Å². The predicted octanol–water partition coefficient (Wildman–Crippen LogP) is 1.58. The van der Waals surface area contributed by atoms with E-state index in [1.165, 1.54) is 6.42 Å². The largest absolute Gasteiger partial charge is 0.378 e. The number of ether oxygens (including phenoxy) is 1. The first-order chi connectivity index (χ1) is 4.38. The van der Waals surface area contributed by atoms with Gasteiger partial charge in [0.25, 0.3) is 0 Å². The highest BCUT2D eigenvalue weighted by atomic mass is 16.5. The van der Waals surface area contributed by atoms with Crippen LogP contribution in [0.3, 0.4) is 0 Å². The molecule has 1 aliphatic heterocycles. The second-order valence-electron chi connectivity index (χ2n) is 2.73. The van der Waals surface area contributed by atoms with Crippen molar-refractivity contribution in [3.05, 3.63) is 0 Å². The molecule has 0 aromatic carbocycles. The summed E-state index contributed by atoms with van der Waals surface area (Å²) in [5, 5.41) is 0.